The van der Waals surface area contributed by atoms with Gasteiger partial charge in [-0.1, -0.05) is 0 Å². The second-order valence-corrected chi connectivity index (χ2v) is 5.61. The number of nitrogens with one attached hydrogen (secondary N) is 1. The summed E-state index contributed by atoms with van der Waals surface area (Å²) in [4.78, 5) is 8.90. The number of carboxylic acid groups (broad SMARTS) is 1. The highest BCUT2D eigenvalue weighted by Gasteiger charge is 2.38. The van der Waals surface area contributed by atoms with Crippen LogP contribution in [0.15, 0.2) is 24.3 Å². The zero-order chi connectivity index (χ0) is 17.0. The van der Waals surface area contributed by atoms with Gasteiger partial charge >= 0.3 is 12.1 Å². The number of hydrogen-bond donors (Lipinski definition) is 2. The van der Waals surface area contributed by atoms with E-state index in [9.17, 15) is 17.6 Å². The first-order valence-corrected chi connectivity index (χ1v) is 7.22. The van der Waals surface area contributed by atoms with Gasteiger partial charge in [0.1, 0.15) is 17.7 Å². The Morgan fingerprint density at radius 1 is 1.13 bits per heavy atom. The number of ether oxygens (including phenoxy) is 1. The Morgan fingerprint density at radius 3 is 2.04 bits per heavy atom. The van der Waals surface area contributed by atoms with Gasteiger partial charge in [0.05, 0.1) is 0 Å². The summed E-state index contributed by atoms with van der Waals surface area (Å²) >= 11 is 0. The SMILES string of the molecule is Fc1ccc(O[C@@H]2C[C@H]3CC[C@@H](C2)N3)cc1.O=C(O)C(F)(F)F. The van der Waals surface area contributed by atoms with Crippen molar-refractivity contribution in [3.8, 4) is 5.75 Å². The van der Waals surface area contributed by atoms with E-state index in [0.717, 1.165) is 18.6 Å². The second kappa shape index (κ2) is 7.16. The quantitative estimate of drug-likeness (QED) is 0.816. The number of fused-ring (bicyclic) bond motifs is 2. The maximum absolute atomic E-state index is 12.7. The number of piperidine rings is 1. The van der Waals surface area contributed by atoms with Crippen molar-refractivity contribution in [3.63, 3.8) is 0 Å². The van der Waals surface area contributed by atoms with Gasteiger partial charge in [0.15, 0.2) is 0 Å². The molecule has 0 saturated carbocycles. The Balaban J connectivity index is 0.000000236. The van der Waals surface area contributed by atoms with Crippen molar-refractivity contribution in [1.29, 1.82) is 0 Å². The Morgan fingerprint density at radius 2 is 1.61 bits per heavy atom. The molecule has 2 saturated heterocycles. The molecular weight excluding hydrogens is 318 g/mol. The van der Waals surface area contributed by atoms with E-state index in [2.05, 4.69) is 5.32 Å². The number of hydrogen-bond acceptors (Lipinski definition) is 3. The number of aliphatic carboxylic acids is 1. The van der Waals surface area contributed by atoms with Gasteiger partial charge in [0.25, 0.3) is 0 Å². The molecule has 1 aromatic rings. The van der Waals surface area contributed by atoms with Crippen LogP contribution in [0.2, 0.25) is 0 Å². The Labute approximate surface area is 130 Å². The summed E-state index contributed by atoms with van der Waals surface area (Å²) in [6, 6.07) is 7.57. The van der Waals surface area contributed by atoms with Crippen molar-refractivity contribution in [2.45, 2.75) is 50.0 Å². The molecule has 0 aliphatic carbocycles. The van der Waals surface area contributed by atoms with Gasteiger partial charge < -0.3 is 15.2 Å². The number of halogens is 4. The van der Waals surface area contributed by atoms with Crippen LogP contribution < -0.4 is 10.1 Å². The Bertz CT molecular complexity index is 521. The first-order valence-electron chi connectivity index (χ1n) is 7.22. The standard InChI is InChI=1S/C13H16FNO.C2HF3O2/c14-9-1-5-12(6-2-9)16-13-7-10-3-4-11(8-13)15-10;3-2(4,5)1(6)7/h1-2,5-6,10-11,13,15H,3-4,7-8H2;(H,6,7)/t10-,11+,13-;. The molecule has 2 fully saturated rings. The fourth-order valence-electron chi connectivity index (χ4n) is 2.81. The predicted octanol–water partition coefficient (Wildman–Crippen LogP) is 3.12. The third-order valence-electron chi connectivity index (χ3n) is 3.79. The lowest BCUT2D eigenvalue weighted by Gasteiger charge is -2.29. The Hall–Kier alpha value is -1.83. The van der Waals surface area contributed by atoms with Gasteiger partial charge in [0.2, 0.25) is 0 Å². The molecule has 128 valence electrons. The minimum absolute atomic E-state index is 0.210. The van der Waals surface area contributed by atoms with Crippen LogP contribution in [-0.4, -0.2) is 35.4 Å². The van der Waals surface area contributed by atoms with E-state index < -0.39 is 12.1 Å². The van der Waals surface area contributed by atoms with Gasteiger partial charge in [-0.15, -0.1) is 0 Å². The summed E-state index contributed by atoms with van der Waals surface area (Å²) in [5, 5.41) is 10.7. The molecular formula is C15H17F4NO3. The first-order chi connectivity index (χ1) is 10.7. The molecule has 0 unspecified atom stereocenters. The average molecular weight is 335 g/mol. The van der Waals surface area contributed by atoms with E-state index in [4.69, 9.17) is 14.6 Å². The highest BCUT2D eigenvalue weighted by Crippen LogP contribution is 2.29. The zero-order valence-corrected chi connectivity index (χ0v) is 12.1. The van der Waals surface area contributed by atoms with Gasteiger partial charge in [-0.2, -0.15) is 13.2 Å². The third kappa shape index (κ3) is 5.38. The Kier molecular flexibility index (Phi) is 5.46. The molecule has 2 bridgehead atoms. The van der Waals surface area contributed by atoms with Crippen molar-refractivity contribution in [3.05, 3.63) is 30.1 Å². The van der Waals surface area contributed by atoms with Crippen LogP contribution in [0.4, 0.5) is 17.6 Å². The minimum Gasteiger partial charge on any atom is -0.490 e. The van der Waals surface area contributed by atoms with Crippen molar-refractivity contribution in [1.82, 2.24) is 5.32 Å². The van der Waals surface area contributed by atoms with Crippen LogP contribution in [0, 0.1) is 5.82 Å². The molecule has 1 aromatic carbocycles. The molecule has 2 aliphatic rings. The highest BCUT2D eigenvalue weighted by atomic mass is 19.4. The molecule has 0 spiro atoms. The van der Waals surface area contributed by atoms with Gasteiger partial charge in [0, 0.05) is 12.1 Å². The molecule has 3 rings (SSSR count). The van der Waals surface area contributed by atoms with Crippen molar-refractivity contribution in [2.24, 2.45) is 0 Å². The molecule has 23 heavy (non-hydrogen) atoms. The lowest BCUT2D eigenvalue weighted by atomic mass is 10.0. The number of benzene rings is 1. The van der Waals surface area contributed by atoms with Crippen LogP contribution in [0.3, 0.4) is 0 Å². The molecule has 2 heterocycles. The van der Waals surface area contributed by atoms with Gasteiger partial charge in [-0.05, 0) is 49.9 Å². The van der Waals surface area contributed by atoms with Gasteiger partial charge in [-0.25, -0.2) is 9.18 Å². The van der Waals surface area contributed by atoms with E-state index in [1.807, 2.05) is 0 Å². The third-order valence-corrected chi connectivity index (χ3v) is 3.79. The maximum Gasteiger partial charge on any atom is 0.490 e. The van der Waals surface area contributed by atoms with E-state index in [1.54, 1.807) is 12.1 Å². The van der Waals surface area contributed by atoms with E-state index in [0.29, 0.717) is 18.2 Å². The molecule has 0 aromatic heterocycles. The van der Waals surface area contributed by atoms with Crippen molar-refractivity contribution >= 4 is 5.97 Å². The van der Waals surface area contributed by atoms with Crippen LogP contribution in [0.5, 0.6) is 5.75 Å². The molecule has 3 atom stereocenters. The normalized spacial score (nSPS) is 26.2. The largest absolute Gasteiger partial charge is 0.490 e. The maximum atomic E-state index is 12.7. The van der Waals surface area contributed by atoms with E-state index in [-0.39, 0.29) is 5.82 Å². The molecule has 4 nitrogen and oxygen atoms in total. The fraction of sp³-hybridized carbons (Fsp3) is 0.533. The summed E-state index contributed by atoms with van der Waals surface area (Å²) in [7, 11) is 0. The topological polar surface area (TPSA) is 58.6 Å². The van der Waals surface area contributed by atoms with E-state index in [1.165, 1.54) is 25.0 Å². The van der Waals surface area contributed by atoms with Crippen LogP contribution in [-0.2, 0) is 4.79 Å². The number of carbonyl (C=O) groups is 1. The number of rotatable bonds is 2. The molecule has 2 aliphatic heterocycles. The van der Waals surface area contributed by atoms with Crippen LogP contribution in [0.25, 0.3) is 0 Å². The highest BCUT2D eigenvalue weighted by molar-refractivity contribution is 5.73. The zero-order valence-electron chi connectivity index (χ0n) is 12.1. The van der Waals surface area contributed by atoms with E-state index >= 15 is 0 Å². The molecule has 0 radical (unpaired) electrons. The van der Waals surface area contributed by atoms with Crippen LogP contribution in [0.1, 0.15) is 25.7 Å². The monoisotopic (exact) mass is 335 g/mol. The summed E-state index contributed by atoms with van der Waals surface area (Å²) in [6.45, 7) is 0. The van der Waals surface area contributed by atoms with Crippen molar-refractivity contribution < 1.29 is 32.2 Å². The van der Waals surface area contributed by atoms with Crippen LogP contribution >= 0.6 is 0 Å². The number of alkyl halides is 3. The van der Waals surface area contributed by atoms with Gasteiger partial charge in [-0.3, -0.25) is 0 Å². The summed E-state index contributed by atoms with van der Waals surface area (Å²) in [5.41, 5.74) is 0. The average Bonchev–Trinajstić information content (AvgIpc) is 2.80. The smallest absolute Gasteiger partial charge is 0.490 e. The summed E-state index contributed by atoms with van der Waals surface area (Å²) in [6.07, 6.45) is -0.0897. The molecule has 8 heteroatoms. The van der Waals surface area contributed by atoms with Crippen molar-refractivity contribution in [2.75, 3.05) is 0 Å². The summed E-state index contributed by atoms with van der Waals surface area (Å²) < 4.78 is 50.4. The first kappa shape index (κ1) is 17.5. The molecule has 0 amide bonds. The lowest BCUT2D eigenvalue weighted by Crippen LogP contribution is -2.42. The summed E-state index contributed by atoms with van der Waals surface area (Å²) in [5.74, 6) is -2.18. The number of carboxylic acids is 1. The predicted molar refractivity (Wildman–Crippen MR) is 73.7 cm³/mol. The fourth-order valence-corrected chi connectivity index (χ4v) is 2.81. The second-order valence-electron chi connectivity index (χ2n) is 5.61. The lowest BCUT2D eigenvalue weighted by molar-refractivity contribution is -0.192. The minimum atomic E-state index is -5.08. The molecule has 2 N–H and O–H groups in total.